The predicted molar refractivity (Wildman–Crippen MR) is 113 cm³/mol. The van der Waals surface area contributed by atoms with Crippen LogP contribution < -0.4 is 4.74 Å². The third-order valence-corrected chi connectivity index (χ3v) is 5.07. The number of nitriles is 1. The average Bonchev–Trinajstić information content (AvgIpc) is 3.05. The first-order valence-corrected chi connectivity index (χ1v) is 9.83. The number of hydrogen-bond donors (Lipinski definition) is 0. The minimum atomic E-state index is -0.428. The molecule has 6 nitrogen and oxygen atoms in total. The van der Waals surface area contributed by atoms with Crippen molar-refractivity contribution in [1.29, 1.82) is 5.26 Å². The van der Waals surface area contributed by atoms with Gasteiger partial charge in [0.15, 0.2) is 0 Å². The molecule has 152 valence electrons. The van der Waals surface area contributed by atoms with Gasteiger partial charge in [-0.05, 0) is 53.9 Å². The third kappa shape index (κ3) is 4.21. The topological polar surface area (TPSA) is 87.5 Å². The first kappa shape index (κ1) is 20.0. The fourth-order valence-electron chi connectivity index (χ4n) is 3.46. The Labute approximate surface area is 179 Å². The standard InChI is InChI=1S/C25H18N2O4/c26-16-17-7-9-18(10-8-17)19-11-13-20(14-12-19)31-23(28)6-3-15-27-24(29)21-4-1-2-5-22(21)25(27)30/h1-2,4-5,7-14H,3,6,15H2. The predicted octanol–water partition coefficient (Wildman–Crippen LogP) is 4.21. The van der Waals surface area contributed by atoms with E-state index in [-0.39, 0.29) is 24.8 Å². The molecule has 1 aliphatic rings. The number of ether oxygens (including phenoxy) is 1. The fourth-order valence-corrected chi connectivity index (χ4v) is 3.46. The highest BCUT2D eigenvalue weighted by Gasteiger charge is 2.34. The van der Waals surface area contributed by atoms with E-state index in [1.165, 1.54) is 4.90 Å². The van der Waals surface area contributed by atoms with Crippen LogP contribution in [-0.4, -0.2) is 29.2 Å². The number of rotatable bonds is 6. The summed E-state index contributed by atoms with van der Waals surface area (Å²) in [6.45, 7) is 0.166. The molecule has 3 aromatic rings. The van der Waals surface area contributed by atoms with Gasteiger partial charge in [-0.1, -0.05) is 36.4 Å². The van der Waals surface area contributed by atoms with Crippen LogP contribution in [0.15, 0.2) is 72.8 Å². The second kappa shape index (κ2) is 8.64. The maximum absolute atomic E-state index is 12.3. The summed E-state index contributed by atoms with van der Waals surface area (Å²) < 4.78 is 5.35. The molecular formula is C25H18N2O4. The number of carbonyl (C=O) groups is 3. The van der Waals surface area contributed by atoms with Crippen molar-refractivity contribution in [1.82, 2.24) is 4.90 Å². The van der Waals surface area contributed by atoms with Crippen LogP contribution in [0, 0.1) is 11.3 Å². The fraction of sp³-hybridized carbons (Fsp3) is 0.120. The summed E-state index contributed by atoms with van der Waals surface area (Å²) in [5.74, 6) is -0.662. The zero-order chi connectivity index (χ0) is 21.8. The monoisotopic (exact) mass is 410 g/mol. The molecule has 0 bridgehead atoms. The van der Waals surface area contributed by atoms with Gasteiger partial charge in [0.2, 0.25) is 0 Å². The Hall–Kier alpha value is -4.24. The molecule has 0 unspecified atom stereocenters. The molecule has 0 atom stereocenters. The summed E-state index contributed by atoms with van der Waals surface area (Å²) >= 11 is 0. The number of nitrogens with zero attached hydrogens (tertiary/aromatic N) is 2. The second-order valence-corrected chi connectivity index (χ2v) is 7.10. The molecule has 2 amide bonds. The molecule has 0 aliphatic carbocycles. The Bertz CT molecular complexity index is 1160. The van der Waals surface area contributed by atoms with Crippen molar-refractivity contribution in [3.63, 3.8) is 0 Å². The van der Waals surface area contributed by atoms with E-state index in [1.54, 1.807) is 48.5 Å². The van der Waals surface area contributed by atoms with Crippen LogP contribution in [0.5, 0.6) is 5.75 Å². The van der Waals surface area contributed by atoms with Gasteiger partial charge in [0, 0.05) is 13.0 Å². The number of fused-ring (bicyclic) bond motifs is 1. The number of carbonyl (C=O) groups excluding carboxylic acids is 3. The van der Waals surface area contributed by atoms with Crippen LogP contribution in [0.3, 0.4) is 0 Å². The highest BCUT2D eigenvalue weighted by Crippen LogP contribution is 2.24. The minimum absolute atomic E-state index is 0.0881. The molecule has 4 rings (SSSR count). The van der Waals surface area contributed by atoms with E-state index in [9.17, 15) is 14.4 Å². The van der Waals surface area contributed by atoms with E-state index in [0.717, 1.165) is 11.1 Å². The number of imide groups is 1. The summed E-state index contributed by atoms with van der Waals surface area (Å²) in [5.41, 5.74) is 3.29. The molecule has 6 heteroatoms. The summed E-state index contributed by atoms with van der Waals surface area (Å²) in [4.78, 5) is 38.0. The number of amides is 2. The highest BCUT2D eigenvalue weighted by molar-refractivity contribution is 6.21. The Morgan fingerprint density at radius 3 is 1.94 bits per heavy atom. The van der Waals surface area contributed by atoms with E-state index >= 15 is 0 Å². The molecule has 0 saturated carbocycles. The van der Waals surface area contributed by atoms with E-state index in [0.29, 0.717) is 28.9 Å². The molecular weight excluding hydrogens is 392 g/mol. The molecule has 0 saturated heterocycles. The lowest BCUT2D eigenvalue weighted by Gasteiger charge is -2.13. The number of hydrogen-bond acceptors (Lipinski definition) is 5. The molecule has 31 heavy (non-hydrogen) atoms. The first-order valence-electron chi connectivity index (χ1n) is 9.83. The lowest BCUT2D eigenvalue weighted by molar-refractivity contribution is -0.134. The van der Waals surface area contributed by atoms with Crippen molar-refractivity contribution < 1.29 is 19.1 Å². The van der Waals surface area contributed by atoms with Crippen LogP contribution in [0.25, 0.3) is 11.1 Å². The van der Waals surface area contributed by atoms with Crippen LogP contribution in [0.4, 0.5) is 0 Å². The normalized spacial score (nSPS) is 12.4. The van der Waals surface area contributed by atoms with Crippen molar-refractivity contribution in [2.45, 2.75) is 12.8 Å². The molecule has 3 aromatic carbocycles. The van der Waals surface area contributed by atoms with Crippen LogP contribution >= 0.6 is 0 Å². The van der Waals surface area contributed by atoms with Gasteiger partial charge in [-0.2, -0.15) is 5.26 Å². The SMILES string of the molecule is N#Cc1ccc(-c2ccc(OC(=O)CCCN3C(=O)c4ccccc4C3=O)cc2)cc1. The lowest BCUT2D eigenvalue weighted by Crippen LogP contribution is -2.31. The van der Waals surface area contributed by atoms with Gasteiger partial charge in [-0.3, -0.25) is 19.3 Å². The Kier molecular flexibility index (Phi) is 5.59. The second-order valence-electron chi connectivity index (χ2n) is 7.10. The molecule has 0 spiro atoms. The summed E-state index contributed by atoms with van der Waals surface area (Å²) in [6, 6.07) is 23.1. The summed E-state index contributed by atoms with van der Waals surface area (Å²) in [6.07, 6.45) is 0.415. The largest absolute Gasteiger partial charge is 0.427 e. The van der Waals surface area contributed by atoms with Gasteiger partial charge in [-0.15, -0.1) is 0 Å². The molecule has 0 N–H and O–H groups in total. The smallest absolute Gasteiger partial charge is 0.311 e. The number of esters is 1. The Balaban J connectivity index is 1.29. The van der Waals surface area contributed by atoms with Crippen LogP contribution in [0.1, 0.15) is 39.1 Å². The van der Waals surface area contributed by atoms with Crippen molar-refractivity contribution in [3.05, 3.63) is 89.5 Å². The molecule has 0 aromatic heterocycles. The van der Waals surface area contributed by atoms with Crippen molar-refractivity contribution in [2.75, 3.05) is 6.54 Å². The maximum Gasteiger partial charge on any atom is 0.311 e. The average molecular weight is 410 g/mol. The highest BCUT2D eigenvalue weighted by atomic mass is 16.5. The lowest BCUT2D eigenvalue weighted by atomic mass is 10.0. The van der Waals surface area contributed by atoms with Crippen molar-refractivity contribution >= 4 is 17.8 Å². The molecule has 1 aliphatic heterocycles. The Morgan fingerprint density at radius 1 is 0.839 bits per heavy atom. The van der Waals surface area contributed by atoms with Gasteiger partial charge < -0.3 is 4.74 Å². The summed E-state index contributed by atoms with van der Waals surface area (Å²) in [5, 5.41) is 8.88. The van der Waals surface area contributed by atoms with Gasteiger partial charge in [-0.25, -0.2) is 0 Å². The van der Waals surface area contributed by atoms with Crippen LogP contribution in [-0.2, 0) is 4.79 Å². The van der Waals surface area contributed by atoms with E-state index in [2.05, 4.69) is 6.07 Å². The Morgan fingerprint density at radius 2 is 1.39 bits per heavy atom. The van der Waals surface area contributed by atoms with Gasteiger partial charge >= 0.3 is 5.97 Å². The van der Waals surface area contributed by atoms with Gasteiger partial charge in [0.1, 0.15) is 5.75 Å². The zero-order valence-corrected chi connectivity index (χ0v) is 16.6. The zero-order valence-electron chi connectivity index (χ0n) is 16.6. The van der Waals surface area contributed by atoms with Gasteiger partial charge in [0.25, 0.3) is 11.8 Å². The quantitative estimate of drug-likeness (QED) is 0.345. The number of benzene rings is 3. The van der Waals surface area contributed by atoms with Crippen molar-refractivity contribution in [2.24, 2.45) is 0 Å². The van der Waals surface area contributed by atoms with E-state index in [4.69, 9.17) is 10.00 Å². The summed E-state index contributed by atoms with van der Waals surface area (Å²) in [7, 11) is 0. The minimum Gasteiger partial charge on any atom is -0.427 e. The molecule has 1 heterocycles. The molecule has 0 fully saturated rings. The van der Waals surface area contributed by atoms with Gasteiger partial charge in [0.05, 0.1) is 22.8 Å². The van der Waals surface area contributed by atoms with Crippen molar-refractivity contribution in [3.8, 4) is 22.9 Å². The van der Waals surface area contributed by atoms with E-state index < -0.39 is 5.97 Å². The first-order chi connectivity index (χ1) is 15.1. The molecule has 0 radical (unpaired) electrons. The third-order valence-electron chi connectivity index (χ3n) is 5.07. The van der Waals surface area contributed by atoms with E-state index in [1.807, 2.05) is 24.3 Å². The van der Waals surface area contributed by atoms with Crippen LogP contribution in [0.2, 0.25) is 0 Å². The maximum atomic E-state index is 12.3.